The van der Waals surface area contributed by atoms with E-state index in [-0.39, 0.29) is 5.91 Å². The van der Waals surface area contributed by atoms with Gasteiger partial charge in [0.05, 0.1) is 12.6 Å². The quantitative estimate of drug-likeness (QED) is 0.736. The van der Waals surface area contributed by atoms with E-state index in [4.69, 9.17) is 5.73 Å². The van der Waals surface area contributed by atoms with Crippen LogP contribution in [0, 0.1) is 0 Å². The molecule has 5 nitrogen and oxygen atoms in total. The standard InChI is InChI=1S/C9H15N3O2S/c1-15-5-3-8(10)9(13)11-6-7-2-4-14-12-7/h2,4,8H,3,5-6,10H2,1H3,(H,11,13)/t8-/m0/s1. The van der Waals surface area contributed by atoms with Gasteiger partial charge in [0.25, 0.3) is 0 Å². The number of aromatic nitrogens is 1. The van der Waals surface area contributed by atoms with Gasteiger partial charge in [-0.1, -0.05) is 5.16 Å². The molecule has 15 heavy (non-hydrogen) atoms. The van der Waals surface area contributed by atoms with Crippen LogP contribution in [0.15, 0.2) is 16.9 Å². The first kappa shape index (κ1) is 12.1. The molecule has 0 aromatic carbocycles. The van der Waals surface area contributed by atoms with Crippen LogP contribution >= 0.6 is 11.8 Å². The monoisotopic (exact) mass is 229 g/mol. The normalized spacial score (nSPS) is 12.4. The summed E-state index contributed by atoms with van der Waals surface area (Å²) in [5.41, 5.74) is 6.37. The molecule has 1 atom stereocenters. The number of hydrogen-bond acceptors (Lipinski definition) is 5. The van der Waals surface area contributed by atoms with Crippen molar-refractivity contribution in [1.82, 2.24) is 10.5 Å². The molecular weight excluding hydrogens is 214 g/mol. The minimum atomic E-state index is -0.440. The van der Waals surface area contributed by atoms with E-state index in [0.29, 0.717) is 18.7 Å². The molecule has 6 heteroatoms. The maximum absolute atomic E-state index is 11.4. The summed E-state index contributed by atoms with van der Waals surface area (Å²) in [6.45, 7) is 0.363. The molecule has 84 valence electrons. The van der Waals surface area contributed by atoms with Crippen molar-refractivity contribution in [3.63, 3.8) is 0 Å². The highest BCUT2D eigenvalue weighted by Gasteiger charge is 2.12. The van der Waals surface area contributed by atoms with E-state index in [9.17, 15) is 4.79 Å². The van der Waals surface area contributed by atoms with E-state index in [0.717, 1.165) is 5.75 Å². The van der Waals surface area contributed by atoms with Gasteiger partial charge in [0.1, 0.15) is 12.0 Å². The second kappa shape index (κ2) is 6.47. The predicted molar refractivity (Wildman–Crippen MR) is 59.3 cm³/mol. The molecule has 0 aliphatic heterocycles. The summed E-state index contributed by atoms with van der Waals surface area (Å²) in [4.78, 5) is 11.4. The number of amides is 1. The van der Waals surface area contributed by atoms with Gasteiger partial charge in [-0.15, -0.1) is 0 Å². The van der Waals surface area contributed by atoms with E-state index >= 15 is 0 Å². The summed E-state index contributed by atoms with van der Waals surface area (Å²) >= 11 is 1.68. The molecule has 0 saturated carbocycles. The number of nitrogens with zero attached hydrogens (tertiary/aromatic N) is 1. The van der Waals surface area contributed by atoms with Crippen LogP contribution in [0.1, 0.15) is 12.1 Å². The molecule has 1 heterocycles. The van der Waals surface area contributed by atoms with Crippen molar-refractivity contribution in [2.75, 3.05) is 12.0 Å². The Morgan fingerprint density at radius 2 is 2.60 bits per heavy atom. The van der Waals surface area contributed by atoms with E-state index < -0.39 is 6.04 Å². The van der Waals surface area contributed by atoms with E-state index in [1.165, 1.54) is 6.26 Å². The third-order valence-electron chi connectivity index (χ3n) is 1.90. The van der Waals surface area contributed by atoms with Gasteiger partial charge in [-0.05, 0) is 18.4 Å². The highest BCUT2D eigenvalue weighted by molar-refractivity contribution is 7.98. The van der Waals surface area contributed by atoms with Crippen molar-refractivity contribution in [2.24, 2.45) is 5.73 Å². The Hall–Kier alpha value is -1.01. The zero-order valence-electron chi connectivity index (χ0n) is 8.60. The van der Waals surface area contributed by atoms with Crippen LogP contribution in [0.5, 0.6) is 0 Å². The van der Waals surface area contributed by atoms with Gasteiger partial charge >= 0.3 is 0 Å². The average Bonchev–Trinajstić information content (AvgIpc) is 2.75. The molecule has 0 saturated heterocycles. The fourth-order valence-electron chi connectivity index (χ4n) is 1.01. The zero-order chi connectivity index (χ0) is 11.1. The van der Waals surface area contributed by atoms with Crippen LogP contribution < -0.4 is 11.1 Å². The van der Waals surface area contributed by atoms with E-state index in [1.54, 1.807) is 17.8 Å². The second-order valence-corrected chi connectivity index (χ2v) is 4.08. The van der Waals surface area contributed by atoms with Crippen molar-refractivity contribution >= 4 is 17.7 Å². The highest BCUT2D eigenvalue weighted by atomic mass is 32.2. The van der Waals surface area contributed by atoms with Gasteiger partial charge in [0.15, 0.2) is 0 Å². The summed E-state index contributed by atoms with van der Waals surface area (Å²) < 4.78 is 4.64. The molecule has 1 amide bonds. The Kier molecular flexibility index (Phi) is 5.20. The number of nitrogens with one attached hydrogen (secondary N) is 1. The number of hydrogen-bond donors (Lipinski definition) is 2. The number of carbonyl (C=O) groups is 1. The second-order valence-electron chi connectivity index (χ2n) is 3.10. The van der Waals surface area contributed by atoms with Gasteiger partial charge < -0.3 is 15.6 Å². The smallest absolute Gasteiger partial charge is 0.237 e. The summed E-state index contributed by atoms with van der Waals surface area (Å²) in [5, 5.41) is 6.37. The van der Waals surface area contributed by atoms with Crippen LogP contribution in [0.4, 0.5) is 0 Å². The van der Waals surface area contributed by atoms with Crippen molar-refractivity contribution in [3.05, 3.63) is 18.0 Å². The average molecular weight is 229 g/mol. The van der Waals surface area contributed by atoms with Crippen LogP contribution in [0.3, 0.4) is 0 Å². The molecule has 0 aliphatic carbocycles. The van der Waals surface area contributed by atoms with Gasteiger partial charge in [-0.3, -0.25) is 4.79 Å². The highest BCUT2D eigenvalue weighted by Crippen LogP contribution is 1.99. The summed E-state index contributed by atoms with van der Waals surface area (Å²) in [5.74, 6) is 0.741. The molecule has 1 aromatic heterocycles. The Morgan fingerprint density at radius 3 is 3.20 bits per heavy atom. The minimum Gasteiger partial charge on any atom is -0.364 e. The largest absolute Gasteiger partial charge is 0.364 e. The van der Waals surface area contributed by atoms with E-state index in [2.05, 4.69) is 15.0 Å². The lowest BCUT2D eigenvalue weighted by atomic mass is 10.2. The SMILES string of the molecule is CSCC[C@H](N)C(=O)NCc1ccon1. The zero-order valence-corrected chi connectivity index (χ0v) is 9.42. The molecule has 0 aliphatic rings. The fourth-order valence-corrected chi connectivity index (χ4v) is 1.50. The first-order valence-electron chi connectivity index (χ1n) is 4.65. The summed E-state index contributed by atoms with van der Waals surface area (Å²) in [6.07, 6.45) is 4.14. The third kappa shape index (κ3) is 4.35. The van der Waals surface area contributed by atoms with Crippen molar-refractivity contribution in [2.45, 2.75) is 19.0 Å². The summed E-state index contributed by atoms with van der Waals surface area (Å²) in [7, 11) is 0. The molecule has 3 N–H and O–H groups in total. The van der Waals surface area contributed by atoms with Crippen LogP contribution in [0.2, 0.25) is 0 Å². The van der Waals surface area contributed by atoms with E-state index in [1.807, 2.05) is 6.26 Å². The maximum atomic E-state index is 11.4. The van der Waals surface area contributed by atoms with Gasteiger partial charge in [-0.25, -0.2) is 0 Å². The lowest BCUT2D eigenvalue weighted by Crippen LogP contribution is -2.40. The molecule has 1 rings (SSSR count). The van der Waals surface area contributed by atoms with Crippen LogP contribution in [0.25, 0.3) is 0 Å². The fraction of sp³-hybridized carbons (Fsp3) is 0.556. The Bertz CT molecular complexity index is 290. The van der Waals surface area contributed by atoms with Crippen LogP contribution in [-0.4, -0.2) is 29.1 Å². The lowest BCUT2D eigenvalue weighted by molar-refractivity contribution is -0.122. The van der Waals surface area contributed by atoms with Gasteiger partial charge in [0, 0.05) is 6.07 Å². The Morgan fingerprint density at radius 1 is 1.80 bits per heavy atom. The maximum Gasteiger partial charge on any atom is 0.237 e. The molecule has 0 bridgehead atoms. The van der Waals surface area contributed by atoms with Gasteiger partial charge in [-0.2, -0.15) is 11.8 Å². The molecule has 0 radical (unpaired) electrons. The molecular formula is C9H15N3O2S. The Balaban J connectivity index is 2.23. The van der Waals surface area contributed by atoms with Crippen molar-refractivity contribution in [3.8, 4) is 0 Å². The summed E-state index contributed by atoms with van der Waals surface area (Å²) in [6, 6.07) is 1.26. The number of thioether (sulfide) groups is 1. The Labute approximate surface area is 92.8 Å². The minimum absolute atomic E-state index is 0.146. The first-order valence-corrected chi connectivity index (χ1v) is 6.05. The van der Waals surface area contributed by atoms with Crippen molar-refractivity contribution < 1.29 is 9.32 Å². The molecule has 0 unspecified atom stereocenters. The number of carbonyl (C=O) groups excluding carboxylic acids is 1. The van der Waals surface area contributed by atoms with Gasteiger partial charge in [0.2, 0.25) is 5.91 Å². The number of nitrogens with two attached hydrogens (primary N) is 1. The third-order valence-corrected chi connectivity index (χ3v) is 2.55. The molecule has 0 spiro atoms. The predicted octanol–water partition coefficient (Wildman–Crippen LogP) is 0.371. The van der Waals surface area contributed by atoms with Crippen molar-refractivity contribution in [1.29, 1.82) is 0 Å². The molecule has 1 aromatic rings. The lowest BCUT2D eigenvalue weighted by Gasteiger charge is -2.10. The number of rotatable bonds is 6. The molecule has 0 fully saturated rings. The topological polar surface area (TPSA) is 81.2 Å². The first-order chi connectivity index (χ1) is 7.24. The van der Waals surface area contributed by atoms with Crippen LogP contribution in [-0.2, 0) is 11.3 Å².